The Balaban J connectivity index is 1.67. The van der Waals surface area contributed by atoms with Crippen molar-refractivity contribution in [3.8, 4) is 0 Å². The van der Waals surface area contributed by atoms with Crippen LogP contribution in [0, 0.1) is 0 Å². The van der Waals surface area contributed by atoms with Crippen LogP contribution in [0.25, 0.3) is 0 Å². The molecule has 27 heavy (non-hydrogen) atoms. The van der Waals surface area contributed by atoms with Crippen molar-refractivity contribution in [2.45, 2.75) is 24.2 Å². The third-order valence-corrected chi connectivity index (χ3v) is 5.62. The van der Waals surface area contributed by atoms with Gasteiger partial charge in [0.25, 0.3) is 11.8 Å². The lowest BCUT2D eigenvalue weighted by atomic mass is 10.1. The van der Waals surface area contributed by atoms with E-state index in [-0.39, 0.29) is 21.6 Å². The van der Waals surface area contributed by atoms with Crippen LogP contribution in [-0.2, 0) is 27.7 Å². The summed E-state index contributed by atoms with van der Waals surface area (Å²) in [5, 5.41) is 5.65. The lowest BCUT2D eigenvalue weighted by Crippen LogP contribution is -2.32. The van der Waals surface area contributed by atoms with Crippen molar-refractivity contribution in [3.05, 3.63) is 64.2 Å². The van der Waals surface area contributed by atoms with Crippen molar-refractivity contribution in [2.75, 3.05) is 0 Å². The van der Waals surface area contributed by atoms with Gasteiger partial charge in [0.2, 0.25) is 10.0 Å². The number of nitrogens with zero attached hydrogens (tertiary/aromatic N) is 1. The third-order valence-electron chi connectivity index (χ3n) is 4.65. The molecule has 0 spiro atoms. The number of hydroxylamine groups is 2. The SMILES string of the molecule is NS(=O)(=O)c1cc(C(=O)ON2C(=O)c3ccccc3C2=O)cc2c1CCC2. The fourth-order valence-electron chi connectivity index (χ4n) is 3.42. The number of carbonyl (C=O) groups excluding carboxylic acids is 3. The Morgan fingerprint density at radius 1 is 1.04 bits per heavy atom. The second-order valence-corrected chi connectivity index (χ2v) is 7.87. The molecular formula is C18H14N2O6S. The first-order valence-electron chi connectivity index (χ1n) is 8.16. The summed E-state index contributed by atoms with van der Waals surface area (Å²) in [5.41, 5.74) is 1.46. The van der Waals surface area contributed by atoms with E-state index in [0.29, 0.717) is 29.0 Å². The summed E-state index contributed by atoms with van der Waals surface area (Å²) in [6.45, 7) is 0. The summed E-state index contributed by atoms with van der Waals surface area (Å²) in [4.78, 5) is 42.0. The van der Waals surface area contributed by atoms with Gasteiger partial charge in [-0.05, 0) is 54.7 Å². The Bertz CT molecular complexity index is 1090. The Labute approximate surface area is 154 Å². The largest absolute Gasteiger partial charge is 0.364 e. The number of fused-ring (bicyclic) bond motifs is 2. The van der Waals surface area contributed by atoms with E-state index in [1.807, 2.05) is 0 Å². The van der Waals surface area contributed by atoms with Crippen LogP contribution in [0.1, 0.15) is 48.6 Å². The summed E-state index contributed by atoms with van der Waals surface area (Å²) >= 11 is 0. The maximum absolute atomic E-state index is 12.5. The first kappa shape index (κ1) is 17.4. The molecule has 0 radical (unpaired) electrons. The molecule has 1 aliphatic carbocycles. The second-order valence-electron chi connectivity index (χ2n) is 6.34. The number of imide groups is 1. The van der Waals surface area contributed by atoms with Gasteiger partial charge in [0.05, 0.1) is 21.6 Å². The number of benzene rings is 2. The molecule has 0 fully saturated rings. The van der Waals surface area contributed by atoms with E-state index < -0.39 is 27.8 Å². The highest BCUT2D eigenvalue weighted by atomic mass is 32.2. The van der Waals surface area contributed by atoms with E-state index in [2.05, 4.69) is 0 Å². The van der Waals surface area contributed by atoms with Crippen molar-refractivity contribution in [3.63, 3.8) is 0 Å². The maximum atomic E-state index is 12.5. The van der Waals surface area contributed by atoms with Gasteiger partial charge in [-0.15, -0.1) is 0 Å². The number of amides is 2. The van der Waals surface area contributed by atoms with Gasteiger partial charge in [-0.25, -0.2) is 18.4 Å². The molecule has 0 saturated heterocycles. The average Bonchev–Trinajstić information content (AvgIpc) is 3.19. The van der Waals surface area contributed by atoms with Gasteiger partial charge >= 0.3 is 5.97 Å². The smallest absolute Gasteiger partial charge is 0.324 e. The van der Waals surface area contributed by atoms with Gasteiger partial charge in [-0.1, -0.05) is 17.2 Å². The van der Waals surface area contributed by atoms with Crippen LogP contribution in [0.3, 0.4) is 0 Å². The topological polar surface area (TPSA) is 124 Å². The van der Waals surface area contributed by atoms with Gasteiger partial charge in [0, 0.05) is 0 Å². The standard InChI is InChI=1S/C18H14N2O6S/c19-27(24,25)15-9-11(8-10-4-3-7-12(10)15)18(23)26-20-16(21)13-5-1-2-6-14(13)17(20)22/h1-2,5-6,8-9H,3-4,7H2,(H2,19,24,25). The fourth-order valence-corrected chi connectivity index (χ4v) is 4.29. The normalized spacial score (nSPS) is 15.7. The van der Waals surface area contributed by atoms with Gasteiger partial charge < -0.3 is 4.84 Å². The quantitative estimate of drug-likeness (QED) is 0.790. The Morgan fingerprint density at radius 3 is 2.26 bits per heavy atom. The molecular weight excluding hydrogens is 372 g/mol. The van der Waals surface area contributed by atoms with E-state index in [9.17, 15) is 22.8 Å². The van der Waals surface area contributed by atoms with Crippen LogP contribution in [0.15, 0.2) is 41.3 Å². The zero-order valence-corrected chi connectivity index (χ0v) is 14.8. The molecule has 0 saturated carbocycles. The molecule has 2 N–H and O–H groups in total. The highest BCUT2D eigenvalue weighted by Crippen LogP contribution is 2.30. The highest BCUT2D eigenvalue weighted by molar-refractivity contribution is 7.89. The van der Waals surface area contributed by atoms with Crippen LogP contribution in [0.2, 0.25) is 0 Å². The predicted molar refractivity (Wildman–Crippen MR) is 92.2 cm³/mol. The van der Waals surface area contributed by atoms with Crippen molar-refractivity contribution >= 4 is 27.8 Å². The van der Waals surface area contributed by atoms with E-state index in [4.69, 9.17) is 9.98 Å². The second kappa shape index (κ2) is 6.00. The minimum absolute atomic E-state index is 0.0868. The number of carbonyl (C=O) groups is 3. The third kappa shape index (κ3) is 2.81. The van der Waals surface area contributed by atoms with Crippen LogP contribution < -0.4 is 5.14 Å². The molecule has 0 bridgehead atoms. The number of aryl methyl sites for hydroxylation is 1. The number of sulfonamides is 1. The summed E-state index contributed by atoms with van der Waals surface area (Å²) in [5.74, 6) is -2.52. The molecule has 0 unspecified atom stereocenters. The summed E-state index contributed by atoms with van der Waals surface area (Å²) in [6.07, 6.45) is 1.90. The minimum atomic E-state index is -4.03. The van der Waals surface area contributed by atoms with Crippen LogP contribution in [0.5, 0.6) is 0 Å². The molecule has 0 aromatic heterocycles. The zero-order valence-electron chi connectivity index (χ0n) is 14.0. The van der Waals surface area contributed by atoms with Crippen molar-refractivity contribution in [1.29, 1.82) is 0 Å². The van der Waals surface area contributed by atoms with Gasteiger partial charge in [0.15, 0.2) is 0 Å². The van der Waals surface area contributed by atoms with Crippen molar-refractivity contribution in [2.24, 2.45) is 5.14 Å². The van der Waals surface area contributed by atoms with E-state index in [1.54, 1.807) is 12.1 Å². The van der Waals surface area contributed by atoms with Gasteiger partial charge in [-0.3, -0.25) is 9.59 Å². The molecule has 1 aliphatic heterocycles. The lowest BCUT2D eigenvalue weighted by Gasteiger charge is -2.14. The monoisotopic (exact) mass is 386 g/mol. The first-order chi connectivity index (χ1) is 12.8. The molecule has 2 aliphatic rings. The summed E-state index contributed by atoms with van der Waals surface area (Å²) < 4.78 is 23.7. The van der Waals surface area contributed by atoms with Crippen molar-refractivity contribution in [1.82, 2.24) is 5.06 Å². The first-order valence-corrected chi connectivity index (χ1v) is 9.70. The summed E-state index contributed by atoms with van der Waals surface area (Å²) in [7, 11) is -4.03. The predicted octanol–water partition coefficient (Wildman–Crippen LogP) is 1.19. The average molecular weight is 386 g/mol. The molecule has 0 atom stereocenters. The molecule has 2 aromatic carbocycles. The number of nitrogens with two attached hydrogens (primary N) is 1. The minimum Gasteiger partial charge on any atom is -0.324 e. The van der Waals surface area contributed by atoms with E-state index in [1.165, 1.54) is 18.2 Å². The van der Waals surface area contributed by atoms with E-state index >= 15 is 0 Å². The van der Waals surface area contributed by atoms with Gasteiger partial charge in [-0.2, -0.15) is 0 Å². The molecule has 2 aromatic rings. The Morgan fingerprint density at radius 2 is 1.67 bits per heavy atom. The maximum Gasteiger partial charge on any atom is 0.364 e. The van der Waals surface area contributed by atoms with Gasteiger partial charge in [0.1, 0.15) is 0 Å². The van der Waals surface area contributed by atoms with Crippen molar-refractivity contribution < 1.29 is 27.6 Å². The lowest BCUT2D eigenvalue weighted by molar-refractivity contribution is -0.0584. The molecule has 138 valence electrons. The molecule has 2 amide bonds. The summed E-state index contributed by atoms with van der Waals surface area (Å²) in [6, 6.07) is 8.73. The Kier molecular flexibility index (Phi) is 3.86. The molecule has 4 rings (SSSR count). The molecule has 1 heterocycles. The fraction of sp³-hybridized carbons (Fsp3) is 0.167. The zero-order chi connectivity index (χ0) is 19.3. The molecule has 9 heteroatoms. The van der Waals surface area contributed by atoms with Crippen LogP contribution >= 0.6 is 0 Å². The van der Waals surface area contributed by atoms with Crippen LogP contribution in [-0.4, -0.2) is 31.3 Å². The number of rotatable bonds is 3. The Hall–Kier alpha value is -3.04. The van der Waals surface area contributed by atoms with E-state index in [0.717, 1.165) is 12.5 Å². The number of hydrogen-bond donors (Lipinski definition) is 1. The molecule has 8 nitrogen and oxygen atoms in total. The number of hydrogen-bond acceptors (Lipinski definition) is 6. The van der Waals surface area contributed by atoms with Crippen LogP contribution in [0.4, 0.5) is 0 Å². The highest BCUT2D eigenvalue weighted by Gasteiger charge is 2.39. The number of primary sulfonamides is 1.